The van der Waals surface area contributed by atoms with E-state index in [4.69, 9.17) is 0 Å². The molecule has 0 aromatic carbocycles. The summed E-state index contributed by atoms with van der Waals surface area (Å²) in [4.78, 5) is 4.78. The van der Waals surface area contributed by atoms with Crippen LogP contribution in [0.15, 0.2) is 29.8 Å². The van der Waals surface area contributed by atoms with Crippen molar-refractivity contribution in [3.63, 3.8) is 0 Å². The normalized spacial score (nSPS) is 12.7. The minimum Gasteiger partial charge on any atom is -0.261 e. The summed E-state index contributed by atoms with van der Waals surface area (Å²) >= 11 is 7.87. The van der Waals surface area contributed by atoms with E-state index in [1.54, 1.807) is 11.3 Å². The summed E-state index contributed by atoms with van der Waals surface area (Å²) in [7, 11) is 0. The third kappa shape index (κ3) is 3.05. The first-order chi connectivity index (χ1) is 7.66. The van der Waals surface area contributed by atoms with Gasteiger partial charge < -0.3 is 0 Å². The maximum Gasteiger partial charge on any atom is 0.0656 e. The van der Waals surface area contributed by atoms with Crippen LogP contribution in [0.3, 0.4) is 0 Å². The Balaban J connectivity index is 2.13. The molecule has 1 atom stereocenters. The summed E-state index contributed by atoms with van der Waals surface area (Å²) in [6, 6.07) is 6.32. The van der Waals surface area contributed by atoms with Crippen molar-refractivity contribution >= 4 is 49.9 Å². The van der Waals surface area contributed by atoms with E-state index < -0.39 is 0 Å². The number of thiophene rings is 1. The van der Waals surface area contributed by atoms with Crippen molar-refractivity contribution in [3.8, 4) is 0 Å². The Hall–Kier alpha value is 0.0600. The molecule has 16 heavy (non-hydrogen) atoms. The minimum absolute atomic E-state index is 0.362. The van der Waals surface area contributed by atoms with Gasteiger partial charge in [0.2, 0.25) is 0 Å². The molecule has 2 aromatic heterocycles. The fourth-order valence-electron chi connectivity index (χ4n) is 1.51. The highest BCUT2D eigenvalue weighted by atomic mass is 127. The van der Waals surface area contributed by atoms with Crippen LogP contribution in [0.25, 0.3) is 0 Å². The van der Waals surface area contributed by atoms with Crippen molar-refractivity contribution in [2.75, 3.05) is 0 Å². The molecule has 0 aliphatic carbocycles. The molecule has 0 amide bonds. The highest BCUT2D eigenvalue weighted by Crippen LogP contribution is 2.31. The largest absolute Gasteiger partial charge is 0.261 e. The van der Waals surface area contributed by atoms with Gasteiger partial charge in [-0.2, -0.15) is 0 Å². The highest BCUT2D eigenvalue weighted by Gasteiger charge is 2.12. The zero-order valence-electron chi connectivity index (χ0n) is 8.78. The molecular weight excluding hydrogens is 397 g/mol. The highest BCUT2D eigenvalue weighted by molar-refractivity contribution is 14.1. The van der Waals surface area contributed by atoms with E-state index in [9.17, 15) is 0 Å². The van der Waals surface area contributed by atoms with Crippen LogP contribution in [0.4, 0.5) is 0 Å². The van der Waals surface area contributed by atoms with Gasteiger partial charge in [-0.1, -0.05) is 22.0 Å². The molecule has 2 rings (SSSR count). The number of aromatic nitrogens is 1. The average molecular weight is 408 g/mol. The van der Waals surface area contributed by atoms with Crippen LogP contribution in [0, 0.1) is 9.81 Å². The second-order valence-corrected chi connectivity index (χ2v) is 7.53. The first-order valence-electron chi connectivity index (χ1n) is 4.95. The predicted octanol–water partition coefficient (Wildman–Crippen LogP) is 4.73. The number of halogens is 2. The van der Waals surface area contributed by atoms with Crippen LogP contribution in [-0.2, 0) is 6.42 Å². The Morgan fingerprint density at radius 2 is 2.38 bits per heavy atom. The quantitative estimate of drug-likeness (QED) is 0.529. The van der Waals surface area contributed by atoms with E-state index in [-0.39, 0.29) is 0 Å². The number of nitrogens with zero attached hydrogens (tertiary/aromatic N) is 1. The van der Waals surface area contributed by atoms with Crippen LogP contribution >= 0.6 is 49.9 Å². The zero-order chi connectivity index (χ0) is 11.5. The summed E-state index contributed by atoms with van der Waals surface area (Å²) in [5.74, 6) is 0. The zero-order valence-corrected chi connectivity index (χ0v) is 13.3. The Morgan fingerprint density at radius 1 is 1.56 bits per heavy atom. The lowest BCUT2D eigenvalue weighted by molar-refractivity contribution is 0.895. The maximum absolute atomic E-state index is 4.42. The fourth-order valence-corrected chi connectivity index (χ4v) is 3.68. The van der Waals surface area contributed by atoms with Crippen molar-refractivity contribution in [2.24, 2.45) is 0 Å². The van der Waals surface area contributed by atoms with Crippen molar-refractivity contribution in [1.82, 2.24) is 4.98 Å². The summed E-state index contributed by atoms with van der Waals surface area (Å²) in [6.45, 7) is 2.11. The van der Waals surface area contributed by atoms with Gasteiger partial charge in [0.1, 0.15) is 0 Å². The van der Waals surface area contributed by atoms with E-state index >= 15 is 0 Å². The Labute approximate surface area is 122 Å². The number of alkyl halides is 1. The van der Waals surface area contributed by atoms with Crippen molar-refractivity contribution in [1.29, 1.82) is 0 Å². The van der Waals surface area contributed by atoms with Gasteiger partial charge in [-0.3, -0.25) is 4.98 Å². The van der Waals surface area contributed by atoms with E-state index in [1.165, 1.54) is 19.7 Å². The van der Waals surface area contributed by atoms with E-state index in [0.717, 1.165) is 6.42 Å². The second kappa shape index (κ2) is 5.60. The Bertz CT molecular complexity index is 483. The Kier molecular flexibility index (Phi) is 4.38. The number of hydrogen-bond donors (Lipinski definition) is 0. The molecule has 0 N–H and O–H groups in total. The molecule has 1 nitrogen and oxygen atoms in total. The second-order valence-electron chi connectivity index (χ2n) is 3.62. The number of hydrogen-bond acceptors (Lipinski definition) is 2. The standard InChI is InChI=1S/C12H11BrINS/c1-8-3-2-4-15-11(8)6-10(13)9-5-12(14)16-7-9/h2-5,7,10H,6H2,1H3. The smallest absolute Gasteiger partial charge is 0.0656 e. The molecule has 0 fully saturated rings. The monoisotopic (exact) mass is 407 g/mol. The van der Waals surface area contributed by atoms with Gasteiger partial charge in [0.25, 0.3) is 0 Å². The van der Waals surface area contributed by atoms with Gasteiger partial charge >= 0.3 is 0 Å². The van der Waals surface area contributed by atoms with Gasteiger partial charge in [0, 0.05) is 23.1 Å². The number of aryl methyl sites for hydroxylation is 1. The first-order valence-corrected chi connectivity index (χ1v) is 7.82. The van der Waals surface area contributed by atoms with Gasteiger partial charge in [-0.05, 0) is 58.2 Å². The SMILES string of the molecule is Cc1cccnc1CC(Br)c1csc(I)c1. The molecule has 0 saturated heterocycles. The lowest BCUT2D eigenvalue weighted by atomic mass is 10.1. The van der Waals surface area contributed by atoms with Crippen LogP contribution in [-0.4, -0.2) is 4.98 Å². The average Bonchev–Trinajstić information content (AvgIpc) is 2.68. The molecule has 0 radical (unpaired) electrons. The summed E-state index contributed by atoms with van der Waals surface area (Å²) in [5, 5.41) is 2.21. The van der Waals surface area contributed by atoms with E-state index in [0.29, 0.717) is 4.83 Å². The lowest BCUT2D eigenvalue weighted by Crippen LogP contribution is -1.98. The van der Waals surface area contributed by atoms with Crippen LogP contribution in [0.5, 0.6) is 0 Å². The van der Waals surface area contributed by atoms with E-state index in [1.807, 2.05) is 12.3 Å². The van der Waals surface area contributed by atoms with Gasteiger partial charge in [-0.15, -0.1) is 11.3 Å². The topological polar surface area (TPSA) is 12.9 Å². The maximum atomic E-state index is 4.42. The molecule has 0 spiro atoms. The first kappa shape index (κ1) is 12.5. The van der Waals surface area contributed by atoms with Crippen molar-refractivity contribution in [3.05, 3.63) is 49.5 Å². The number of rotatable bonds is 3. The molecule has 1 unspecified atom stereocenters. The predicted molar refractivity (Wildman–Crippen MR) is 81.4 cm³/mol. The number of pyridine rings is 1. The third-order valence-corrected chi connectivity index (χ3v) is 5.10. The van der Waals surface area contributed by atoms with Crippen LogP contribution in [0.1, 0.15) is 21.6 Å². The molecule has 84 valence electrons. The molecule has 2 aromatic rings. The van der Waals surface area contributed by atoms with Gasteiger partial charge in [-0.25, -0.2) is 0 Å². The van der Waals surface area contributed by atoms with Crippen LogP contribution in [0.2, 0.25) is 0 Å². The fraction of sp³-hybridized carbons (Fsp3) is 0.250. The summed E-state index contributed by atoms with van der Waals surface area (Å²) in [6.07, 6.45) is 2.80. The van der Waals surface area contributed by atoms with Crippen LogP contribution < -0.4 is 0 Å². The summed E-state index contributed by atoms with van der Waals surface area (Å²) in [5.41, 5.74) is 3.78. The third-order valence-electron chi connectivity index (χ3n) is 2.44. The molecule has 0 aliphatic rings. The van der Waals surface area contributed by atoms with Gasteiger partial charge in [0.15, 0.2) is 0 Å². The van der Waals surface area contributed by atoms with Gasteiger partial charge in [0.05, 0.1) is 2.88 Å². The molecule has 4 heteroatoms. The minimum atomic E-state index is 0.362. The Morgan fingerprint density at radius 3 is 3.00 bits per heavy atom. The molecular formula is C12H11BrINS. The molecule has 0 aliphatic heterocycles. The van der Waals surface area contributed by atoms with Crippen molar-refractivity contribution < 1.29 is 0 Å². The van der Waals surface area contributed by atoms with E-state index in [2.05, 4.69) is 67.9 Å². The lowest BCUT2D eigenvalue weighted by Gasteiger charge is -2.09. The van der Waals surface area contributed by atoms with Crippen molar-refractivity contribution in [2.45, 2.75) is 18.2 Å². The molecule has 2 heterocycles. The molecule has 0 saturated carbocycles. The molecule has 0 bridgehead atoms. The summed E-state index contributed by atoms with van der Waals surface area (Å²) < 4.78 is 1.33.